The second-order valence-corrected chi connectivity index (χ2v) is 2.21. The lowest BCUT2D eigenvalue weighted by Gasteiger charge is -1.67. The Bertz CT molecular complexity index is 24.1. The molecule has 0 bridgehead atoms. The zero-order valence-electron chi connectivity index (χ0n) is 7.98. The molecule has 64 valence electrons. The number of aliphatic hydroxyl groups is 2. The fourth-order valence-corrected chi connectivity index (χ4v) is 0.884. The Morgan fingerprint density at radius 2 is 0.800 bits per heavy atom. The molecule has 0 amide bonds. The number of hydrogen-bond donors (Lipinski definition) is 0. The maximum absolute atomic E-state index is 3.50. The number of hydrogen-bond acceptors (Lipinski definition) is 0. The largest absolute Gasteiger partial charge is 0.438 e. The van der Waals surface area contributed by atoms with Gasteiger partial charge in [0, 0.05) is 0 Å². The van der Waals surface area contributed by atoms with E-state index in [1.807, 2.05) is 13.8 Å². The first-order valence-corrected chi connectivity index (χ1v) is 4.39. The van der Waals surface area contributed by atoms with E-state index in [-0.39, 0.29) is 0 Å². The van der Waals surface area contributed by atoms with Gasteiger partial charge in [-0.3, -0.25) is 0 Å². The van der Waals surface area contributed by atoms with Crippen LogP contribution in [0.3, 0.4) is 0 Å². The quantitative estimate of drug-likeness (QED) is 0.467. The van der Waals surface area contributed by atoms with Crippen LogP contribution in [-0.2, 0) is 0 Å². The van der Waals surface area contributed by atoms with Crippen LogP contribution in [0.25, 0.3) is 0 Å². The van der Waals surface area contributed by atoms with Gasteiger partial charge in [-0.05, 0) is 0 Å². The standard InChI is InChI=1S/C5H10.C2H6O.C2H6/c1-2-4-5-3-1;1-3-2;1-2/h1-5H2;1-2H3;1-2H3/p+1. The van der Waals surface area contributed by atoms with Gasteiger partial charge in [0.05, 0.1) is 0 Å². The Hall–Kier alpha value is -0.0400. The SMILES string of the molecule is C1CCCC1.CC.C[OH+]C. The molecule has 0 unspecified atom stereocenters. The molecule has 0 aromatic rings. The second-order valence-electron chi connectivity index (χ2n) is 2.21. The first-order chi connectivity index (χ1) is 4.91. The maximum Gasteiger partial charge on any atom is 0.134 e. The van der Waals surface area contributed by atoms with Crippen molar-refractivity contribution in [3.63, 3.8) is 0 Å². The van der Waals surface area contributed by atoms with Crippen molar-refractivity contribution in [1.29, 1.82) is 0 Å². The van der Waals surface area contributed by atoms with Gasteiger partial charge in [-0.1, -0.05) is 46.0 Å². The topological polar surface area (TPSA) is 12.8 Å². The van der Waals surface area contributed by atoms with Crippen molar-refractivity contribution >= 4 is 0 Å². The van der Waals surface area contributed by atoms with Gasteiger partial charge in [0.15, 0.2) is 0 Å². The van der Waals surface area contributed by atoms with Crippen LogP contribution < -0.4 is 0 Å². The number of rotatable bonds is 0. The highest BCUT2D eigenvalue weighted by atomic mass is 16.4. The maximum atomic E-state index is 3.50. The molecule has 0 saturated heterocycles. The molecule has 1 heteroatoms. The van der Waals surface area contributed by atoms with Crippen molar-refractivity contribution in [2.24, 2.45) is 0 Å². The Morgan fingerprint density at radius 1 is 0.700 bits per heavy atom. The van der Waals surface area contributed by atoms with Gasteiger partial charge in [0.2, 0.25) is 0 Å². The minimum Gasteiger partial charge on any atom is -0.438 e. The van der Waals surface area contributed by atoms with Gasteiger partial charge in [-0.2, -0.15) is 0 Å². The molecular weight excluding hydrogens is 124 g/mol. The first-order valence-electron chi connectivity index (χ1n) is 4.39. The van der Waals surface area contributed by atoms with Crippen molar-refractivity contribution in [1.82, 2.24) is 0 Å². The average Bonchev–Trinajstić information content (AvgIpc) is 2.48. The molecule has 1 N–H and O–H groups in total. The van der Waals surface area contributed by atoms with Gasteiger partial charge in [-0.25, -0.2) is 0 Å². The molecular formula is C9H23O+. The highest BCUT2D eigenvalue weighted by Gasteiger charge is 1.95. The minimum absolute atomic E-state index is 1.50. The fraction of sp³-hybridized carbons (Fsp3) is 1.00. The molecule has 0 atom stereocenters. The first kappa shape index (κ1) is 12.6. The summed E-state index contributed by atoms with van der Waals surface area (Å²) in [5.74, 6) is 0. The van der Waals surface area contributed by atoms with Crippen LogP contribution in [0.2, 0.25) is 0 Å². The van der Waals surface area contributed by atoms with E-state index in [0.717, 1.165) is 0 Å². The lowest BCUT2D eigenvalue weighted by molar-refractivity contribution is 0.0768. The van der Waals surface area contributed by atoms with Crippen LogP contribution in [0.1, 0.15) is 46.0 Å². The van der Waals surface area contributed by atoms with E-state index < -0.39 is 0 Å². The van der Waals surface area contributed by atoms with Gasteiger partial charge in [-0.15, -0.1) is 0 Å². The molecule has 0 radical (unpaired) electrons. The summed E-state index contributed by atoms with van der Waals surface area (Å²) in [5.41, 5.74) is 0. The molecule has 0 spiro atoms. The van der Waals surface area contributed by atoms with Gasteiger partial charge in [0.25, 0.3) is 0 Å². The van der Waals surface area contributed by atoms with Gasteiger partial charge >= 0.3 is 0 Å². The zero-order valence-corrected chi connectivity index (χ0v) is 7.98. The summed E-state index contributed by atoms with van der Waals surface area (Å²) < 4.78 is 3.50. The van der Waals surface area contributed by atoms with E-state index in [9.17, 15) is 0 Å². The van der Waals surface area contributed by atoms with E-state index in [2.05, 4.69) is 4.74 Å². The van der Waals surface area contributed by atoms with Crippen molar-refractivity contribution in [3.8, 4) is 0 Å². The lowest BCUT2D eigenvalue weighted by Crippen LogP contribution is -1.66. The van der Waals surface area contributed by atoms with E-state index in [1.165, 1.54) is 32.1 Å². The molecule has 1 fully saturated rings. The van der Waals surface area contributed by atoms with Gasteiger partial charge in [0.1, 0.15) is 14.2 Å². The van der Waals surface area contributed by atoms with Crippen LogP contribution >= 0.6 is 0 Å². The van der Waals surface area contributed by atoms with Crippen molar-refractivity contribution in [2.75, 3.05) is 14.2 Å². The molecule has 0 aliphatic heterocycles. The number of ether oxygens (including phenoxy) is 1. The highest BCUT2D eigenvalue weighted by Crippen LogP contribution is 2.15. The summed E-state index contributed by atoms with van der Waals surface area (Å²) >= 11 is 0. The van der Waals surface area contributed by atoms with Crippen LogP contribution in [-0.4, -0.2) is 19.0 Å². The predicted molar refractivity (Wildman–Crippen MR) is 48.5 cm³/mol. The second kappa shape index (κ2) is 16.0. The Balaban J connectivity index is 0. The van der Waals surface area contributed by atoms with E-state index in [4.69, 9.17) is 0 Å². The minimum atomic E-state index is 1.50. The van der Waals surface area contributed by atoms with Crippen molar-refractivity contribution in [3.05, 3.63) is 0 Å². The van der Waals surface area contributed by atoms with Crippen LogP contribution in [0.15, 0.2) is 0 Å². The predicted octanol–water partition coefficient (Wildman–Crippen LogP) is 2.75. The third-order valence-electron chi connectivity index (χ3n) is 1.25. The lowest BCUT2D eigenvalue weighted by atomic mass is 10.4. The van der Waals surface area contributed by atoms with E-state index in [1.54, 1.807) is 14.2 Å². The van der Waals surface area contributed by atoms with Crippen LogP contribution in [0.5, 0.6) is 0 Å². The van der Waals surface area contributed by atoms with Crippen molar-refractivity contribution in [2.45, 2.75) is 46.0 Å². The molecule has 0 heterocycles. The summed E-state index contributed by atoms with van der Waals surface area (Å²) in [6.07, 6.45) is 7.50. The molecule has 1 saturated carbocycles. The zero-order chi connectivity index (χ0) is 8.24. The summed E-state index contributed by atoms with van der Waals surface area (Å²) in [4.78, 5) is 0. The van der Waals surface area contributed by atoms with Gasteiger partial charge < -0.3 is 4.74 Å². The molecule has 1 aliphatic carbocycles. The summed E-state index contributed by atoms with van der Waals surface area (Å²) in [7, 11) is 3.50. The third kappa shape index (κ3) is 15.7. The Kier molecular flexibility index (Phi) is 20.2. The normalized spacial score (nSPS) is 14.4. The smallest absolute Gasteiger partial charge is 0.134 e. The molecule has 10 heavy (non-hydrogen) atoms. The van der Waals surface area contributed by atoms with Crippen molar-refractivity contribution < 1.29 is 4.74 Å². The monoisotopic (exact) mass is 147 g/mol. The summed E-state index contributed by atoms with van der Waals surface area (Å²) in [6, 6.07) is 0. The third-order valence-corrected chi connectivity index (χ3v) is 1.25. The Morgan fingerprint density at radius 3 is 0.900 bits per heavy atom. The molecule has 1 aliphatic rings. The van der Waals surface area contributed by atoms with E-state index >= 15 is 0 Å². The molecule has 0 aromatic heterocycles. The average molecular weight is 147 g/mol. The fourth-order valence-electron chi connectivity index (χ4n) is 0.884. The highest BCUT2D eigenvalue weighted by molar-refractivity contribution is 4.51. The summed E-state index contributed by atoms with van der Waals surface area (Å²) in [5, 5.41) is 0. The molecule has 1 nitrogen and oxygen atoms in total. The van der Waals surface area contributed by atoms with E-state index in [0.29, 0.717) is 0 Å². The molecule has 1 rings (SSSR count). The van der Waals surface area contributed by atoms with Crippen LogP contribution in [0, 0.1) is 0 Å². The summed E-state index contributed by atoms with van der Waals surface area (Å²) in [6.45, 7) is 4.00. The van der Waals surface area contributed by atoms with Crippen LogP contribution in [0.4, 0.5) is 0 Å². The Labute approximate surface area is 65.8 Å². The molecule has 0 aromatic carbocycles.